The van der Waals surface area contributed by atoms with E-state index >= 15 is 0 Å². The number of aryl methyl sites for hydroxylation is 1. The first kappa shape index (κ1) is 17.7. The molecule has 2 N–H and O–H groups in total. The molecule has 2 amide bonds. The Morgan fingerprint density at radius 2 is 1.86 bits per heavy atom. The van der Waals surface area contributed by atoms with E-state index in [2.05, 4.69) is 45.3 Å². The number of nitrogens with one attached hydrogen (secondary N) is 2. The number of likely N-dealkylation sites (N-methyl/N-ethyl adjacent to an activating group) is 1. The lowest BCUT2D eigenvalue weighted by molar-refractivity contribution is -0.136. The first-order valence-corrected chi connectivity index (χ1v) is 7.84. The van der Waals surface area contributed by atoms with E-state index in [1.807, 2.05) is 19.1 Å². The lowest BCUT2D eigenvalue weighted by Gasteiger charge is -2.17. The highest BCUT2D eigenvalue weighted by atomic mass is 79.9. The number of hydrogen-bond acceptors (Lipinski definition) is 3. The molecule has 0 aliphatic carbocycles. The number of amides is 2. The molecule has 0 radical (unpaired) electrons. The Morgan fingerprint density at radius 3 is 2.43 bits per heavy atom. The quantitative estimate of drug-likeness (QED) is 0.768. The van der Waals surface area contributed by atoms with Crippen molar-refractivity contribution in [3.8, 4) is 0 Å². The Hall–Kier alpha value is -1.40. The van der Waals surface area contributed by atoms with Crippen LogP contribution in [-0.2, 0) is 9.59 Å². The van der Waals surface area contributed by atoms with E-state index in [1.165, 1.54) is 0 Å². The minimum absolute atomic E-state index is 0.466. The minimum Gasteiger partial charge on any atom is -0.347 e. The van der Waals surface area contributed by atoms with Crippen LogP contribution in [0.4, 0.5) is 5.69 Å². The van der Waals surface area contributed by atoms with E-state index in [4.69, 9.17) is 0 Å². The number of carbonyl (C=O) groups excluding carboxylic acids is 2. The van der Waals surface area contributed by atoms with Crippen LogP contribution < -0.4 is 10.6 Å². The molecule has 0 aliphatic heterocycles. The summed E-state index contributed by atoms with van der Waals surface area (Å²) in [5, 5.41) is 5.22. The molecule has 1 aromatic carbocycles. The van der Waals surface area contributed by atoms with Crippen molar-refractivity contribution in [2.45, 2.75) is 20.8 Å². The average Bonchev–Trinajstić information content (AvgIpc) is 2.47. The largest absolute Gasteiger partial charge is 0.347 e. The summed E-state index contributed by atoms with van der Waals surface area (Å²) in [6, 6.07) is 5.40. The molecule has 21 heavy (non-hydrogen) atoms. The zero-order valence-corrected chi connectivity index (χ0v) is 14.3. The fraction of sp³-hybridized carbons (Fsp3) is 0.467. The summed E-state index contributed by atoms with van der Waals surface area (Å²) in [6.45, 7) is 9.11. The molecule has 116 valence electrons. The van der Waals surface area contributed by atoms with E-state index in [0.717, 1.165) is 29.7 Å². The molecule has 1 rings (SSSR count). The third kappa shape index (κ3) is 5.85. The molecule has 0 aliphatic rings. The maximum Gasteiger partial charge on any atom is 0.313 e. The second kappa shape index (κ2) is 8.79. The predicted molar refractivity (Wildman–Crippen MR) is 88.3 cm³/mol. The van der Waals surface area contributed by atoms with Crippen LogP contribution in [0.5, 0.6) is 0 Å². The van der Waals surface area contributed by atoms with Gasteiger partial charge in [-0.15, -0.1) is 0 Å². The number of anilines is 1. The molecular formula is C15H22BrN3O2. The van der Waals surface area contributed by atoms with Gasteiger partial charge in [0.15, 0.2) is 0 Å². The summed E-state index contributed by atoms with van der Waals surface area (Å²) in [7, 11) is 0. The molecule has 0 saturated carbocycles. The first-order valence-electron chi connectivity index (χ1n) is 7.05. The zero-order chi connectivity index (χ0) is 15.8. The second-order valence-corrected chi connectivity index (χ2v) is 5.56. The van der Waals surface area contributed by atoms with Crippen molar-refractivity contribution < 1.29 is 9.59 Å². The molecular weight excluding hydrogens is 334 g/mol. The third-order valence-corrected chi connectivity index (χ3v) is 4.12. The molecule has 0 aromatic heterocycles. The number of hydrogen-bond donors (Lipinski definition) is 2. The van der Waals surface area contributed by atoms with Crippen molar-refractivity contribution in [1.29, 1.82) is 0 Å². The number of carbonyl (C=O) groups is 2. The van der Waals surface area contributed by atoms with Gasteiger partial charge in [-0.25, -0.2) is 0 Å². The van der Waals surface area contributed by atoms with Crippen molar-refractivity contribution in [2.24, 2.45) is 0 Å². The van der Waals surface area contributed by atoms with Crippen LogP contribution in [0.2, 0.25) is 0 Å². The number of benzene rings is 1. The van der Waals surface area contributed by atoms with Gasteiger partial charge < -0.3 is 15.5 Å². The summed E-state index contributed by atoms with van der Waals surface area (Å²) in [5.41, 5.74) is 1.61. The summed E-state index contributed by atoms with van der Waals surface area (Å²) in [6.07, 6.45) is 0. The van der Waals surface area contributed by atoms with Crippen LogP contribution in [0.3, 0.4) is 0 Å². The fourth-order valence-corrected chi connectivity index (χ4v) is 2.10. The van der Waals surface area contributed by atoms with Crippen LogP contribution in [-0.4, -0.2) is 42.9 Å². The standard InChI is InChI=1S/C15H22BrN3O2/c1-4-19(5-2)9-8-17-14(20)15(21)18-12-6-7-13(16)11(3)10-12/h6-7,10H,4-5,8-9H2,1-3H3,(H,17,20)(H,18,21). The average molecular weight is 356 g/mol. The van der Waals surface area contributed by atoms with Crippen LogP contribution in [0.15, 0.2) is 22.7 Å². The predicted octanol–water partition coefficient (Wildman–Crippen LogP) is 2.15. The van der Waals surface area contributed by atoms with E-state index in [1.54, 1.807) is 6.07 Å². The van der Waals surface area contributed by atoms with E-state index in [-0.39, 0.29) is 0 Å². The van der Waals surface area contributed by atoms with Crippen LogP contribution in [0.25, 0.3) is 0 Å². The Labute approximate surface area is 134 Å². The maximum absolute atomic E-state index is 11.8. The number of halogens is 1. The molecule has 0 unspecified atom stereocenters. The van der Waals surface area contributed by atoms with Crippen molar-refractivity contribution in [1.82, 2.24) is 10.2 Å². The molecule has 0 atom stereocenters. The molecule has 0 saturated heterocycles. The molecule has 5 nitrogen and oxygen atoms in total. The van der Waals surface area contributed by atoms with Crippen molar-refractivity contribution in [2.75, 3.05) is 31.5 Å². The van der Waals surface area contributed by atoms with E-state index < -0.39 is 11.8 Å². The summed E-state index contributed by atoms with van der Waals surface area (Å²) >= 11 is 3.39. The summed E-state index contributed by atoms with van der Waals surface area (Å²) in [4.78, 5) is 25.7. The third-order valence-electron chi connectivity index (χ3n) is 3.23. The molecule has 0 spiro atoms. The molecule has 1 aromatic rings. The number of rotatable bonds is 6. The highest BCUT2D eigenvalue weighted by Gasteiger charge is 2.13. The van der Waals surface area contributed by atoms with Gasteiger partial charge >= 0.3 is 11.8 Å². The van der Waals surface area contributed by atoms with E-state index in [0.29, 0.717) is 12.2 Å². The Kier molecular flexibility index (Phi) is 7.39. The van der Waals surface area contributed by atoms with Gasteiger partial charge in [-0.3, -0.25) is 9.59 Å². The van der Waals surface area contributed by atoms with Crippen molar-refractivity contribution in [3.63, 3.8) is 0 Å². The maximum atomic E-state index is 11.8. The fourth-order valence-electron chi connectivity index (χ4n) is 1.86. The lowest BCUT2D eigenvalue weighted by atomic mass is 10.2. The van der Waals surface area contributed by atoms with Crippen LogP contribution >= 0.6 is 15.9 Å². The van der Waals surface area contributed by atoms with Crippen molar-refractivity contribution in [3.05, 3.63) is 28.2 Å². The van der Waals surface area contributed by atoms with Gasteiger partial charge in [0, 0.05) is 23.2 Å². The van der Waals surface area contributed by atoms with Crippen molar-refractivity contribution >= 4 is 33.4 Å². The van der Waals surface area contributed by atoms with E-state index in [9.17, 15) is 9.59 Å². The van der Waals surface area contributed by atoms with Crippen LogP contribution in [0.1, 0.15) is 19.4 Å². The minimum atomic E-state index is -0.642. The zero-order valence-electron chi connectivity index (χ0n) is 12.7. The highest BCUT2D eigenvalue weighted by Crippen LogP contribution is 2.19. The normalized spacial score (nSPS) is 10.5. The number of nitrogens with zero attached hydrogens (tertiary/aromatic N) is 1. The Bertz CT molecular complexity index is 502. The molecule has 0 fully saturated rings. The smallest absolute Gasteiger partial charge is 0.313 e. The van der Waals surface area contributed by atoms with Gasteiger partial charge in [0.1, 0.15) is 0 Å². The van der Waals surface area contributed by atoms with Gasteiger partial charge in [-0.05, 0) is 43.8 Å². The van der Waals surface area contributed by atoms with Gasteiger partial charge in [0.05, 0.1) is 0 Å². The second-order valence-electron chi connectivity index (χ2n) is 4.70. The SMILES string of the molecule is CCN(CC)CCNC(=O)C(=O)Nc1ccc(Br)c(C)c1. The van der Waals surface area contributed by atoms with Gasteiger partial charge in [-0.1, -0.05) is 29.8 Å². The Balaban J connectivity index is 2.44. The molecule has 0 heterocycles. The van der Waals surface area contributed by atoms with Crippen LogP contribution in [0, 0.1) is 6.92 Å². The molecule has 0 bridgehead atoms. The summed E-state index contributed by atoms with van der Waals surface area (Å²) in [5.74, 6) is -1.25. The first-order chi connectivity index (χ1) is 9.97. The molecule has 6 heteroatoms. The summed E-state index contributed by atoms with van der Waals surface area (Å²) < 4.78 is 0.962. The van der Waals surface area contributed by atoms with Gasteiger partial charge in [-0.2, -0.15) is 0 Å². The monoisotopic (exact) mass is 355 g/mol. The Morgan fingerprint density at radius 1 is 1.19 bits per heavy atom. The lowest BCUT2D eigenvalue weighted by Crippen LogP contribution is -2.40. The van der Waals surface area contributed by atoms with Gasteiger partial charge in [0.2, 0.25) is 0 Å². The highest BCUT2D eigenvalue weighted by molar-refractivity contribution is 9.10. The van der Waals surface area contributed by atoms with Gasteiger partial charge in [0.25, 0.3) is 0 Å². The topological polar surface area (TPSA) is 61.4 Å².